The van der Waals surface area contributed by atoms with Crippen molar-refractivity contribution >= 4 is 24.4 Å². The zero-order valence-electron chi connectivity index (χ0n) is 17.7. The minimum absolute atomic E-state index is 0.109. The Bertz CT molecular complexity index is 972. The Kier molecular flexibility index (Phi) is 5.87. The van der Waals surface area contributed by atoms with Crippen molar-refractivity contribution in [3.63, 3.8) is 0 Å². The molecule has 3 aliphatic rings. The number of carbonyl (C=O) groups is 2. The van der Waals surface area contributed by atoms with Crippen LogP contribution in [0.1, 0.15) is 59.2 Å². The second kappa shape index (κ2) is 8.77. The molecule has 2 amide bonds. The van der Waals surface area contributed by atoms with Crippen LogP contribution in [0, 0.1) is 0 Å². The normalized spacial score (nSPS) is 25.5. The lowest BCUT2D eigenvalue weighted by molar-refractivity contribution is -0.137. The zero-order valence-corrected chi connectivity index (χ0v) is 18.6. The van der Waals surface area contributed by atoms with Gasteiger partial charge in [0.2, 0.25) is 11.8 Å². The van der Waals surface area contributed by atoms with Gasteiger partial charge in [0, 0.05) is 19.5 Å². The van der Waals surface area contributed by atoms with Crippen molar-refractivity contribution in [2.24, 2.45) is 0 Å². The van der Waals surface area contributed by atoms with E-state index in [0.717, 1.165) is 19.6 Å². The van der Waals surface area contributed by atoms with Crippen LogP contribution in [0.4, 0.5) is 0 Å². The Morgan fingerprint density at radius 1 is 1.00 bits per heavy atom. The van der Waals surface area contributed by atoms with Gasteiger partial charge < -0.3 is 0 Å². The second-order valence-corrected chi connectivity index (χ2v) is 9.50. The number of hydrogen-bond donors (Lipinski definition) is 2. The van der Waals surface area contributed by atoms with Crippen molar-refractivity contribution in [2.75, 3.05) is 13.1 Å². The zero-order chi connectivity index (χ0) is 21.4. The molecule has 0 spiro atoms. The van der Waals surface area contributed by atoms with E-state index < -0.39 is 0 Å². The Morgan fingerprint density at radius 2 is 1.77 bits per heavy atom. The topological polar surface area (TPSA) is 52.7 Å². The maximum Gasteiger partial charge on any atom is 0.243 e. The van der Waals surface area contributed by atoms with Crippen LogP contribution in [-0.2, 0) is 22.7 Å². The number of likely N-dealkylation sites (tertiary alicyclic amines) is 1. The van der Waals surface area contributed by atoms with Crippen LogP contribution in [0.2, 0.25) is 0 Å². The number of benzene rings is 2. The summed E-state index contributed by atoms with van der Waals surface area (Å²) in [6.45, 7) is 3.89. The summed E-state index contributed by atoms with van der Waals surface area (Å²) in [5.41, 5.74) is 5.20. The molecule has 5 rings (SSSR count). The van der Waals surface area contributed by atoms with E-state index in [1.165, 1.54) is 35.1 Å². The molecule has 2 fully saturated rings. The van der Waals surface area contributed by atoms with Crippen LogP contribution in [0.5, 0.6) is 0 Å². The van der Waals surface area contributed by atoms with Gasteiger partial charge in [-0.05, 0) is 60.5 Å². The molecular formula is C25H29N3O2S. The van der Waals surface area contributed by atoms with Gasteiger partial charge in [0.1, 0.15) is 0 Å². The number of thiol groups is 1. The number of amides is 2. The van der Waals surface area contributed by atoms with Gasteiger partial charge >= 0.3 is 0 Å². The average Bonchev–Trinajstić information content (AvgIpc) is 3.11. The van der Waals surface area contributed by atoms with Crippen molar-refractivity contribution in [3.05, 3.63) is 70.8 Å². The van der Waals surface area contributed by atoms with Gasteiger partial charge in [-0.1, -0.05) is 48.5 Å². The lowest BCUT2D eigenvalue weighted by Gasteiger charge is -2.32. The number of rotatable bonds is 4. The molecule has 2 atom stereocenters. The first kappa shape index (κ1) is 20.7. The third-order valence-electron chi connectivity index (χ3n) is 7.03. The summed E-state index contributed by atoms with van der Waals surface area (Å²) in [7, 11) is 0. The van der Waals surface area contributed by atoms with Gasteiger partial charge in [-0.2, -0.15) is 12.6 Å². The number of imide groups is 1. The van der Waals surface area contributed by atoms with E-state index in [1.54, 1.807) is 0 Å². The largest absolute Gasteiger partial charge is 0.299 e. The third kappa shape index (κ3) is 4.29. The van der Waals surface area contributed by atoms with Gasteiger partial charge in [-0.25, -0.2) is 0 Å². The molecule has 0 bridgehead atoms. The molecule has 0 saturated carbocycles. The molecule has 2 aromatic rings. The summed E-state index contributed by atoms with van der Waals surface area (Å²) in [6.07, 6.45) is 3.37. The number of carbonyl (C=O) groups excluding carboxylic acids is 2. The van der Waals surface area contributed by atoms with Gasteiger partial charge in [0.15, 0.2) is 0 Å². The number of nitrogens with zero attached hydrogens (tertiary/aromatic N) is 2. The maximum absolute atomic E-state index is 12.3. The molecule has 2 unspecified atom stereocenters. The number of fused-ring (bicyclic) bond motifs is 1. The van der Waals surface area contributed by atoms with Crippen molar-refractivity contribution in [2.45, 2.75) is 56.1 Å². The summed E-state index contributed by atoms with van der Waals surface area (Å²) in [6, 6.07) is 17.3. The van der Waals surface area contributed by atoms with Crippen molar-refractivity contribution in [1.82, 2.24) is 15.1 Å². The highest BCUT2D eigenvalue weighted by molar-refractivity contribution is 7.80. The third-order valence-corrected chi connectivity index (χ3v) is 7.61. The lowest BCUT2D eigenvalue weighted by Crippen LogP contribution is -2.51. The van der Waals surface area contributed by atoms with Gasteiger partial charge in [0.25, 0.3) is 0 Å². The molecule has 2 aromatic carbocycles. The van der Waals surface area contributed by atoms with Crippen LogP contribution < -0.4 is 5.32 Å². The summed E-state index contributed by atoms with van der Waals surface area (Å²) in [5.74, 6) is 0.304. The molecule has 2 saturated heterocycles. The molecule has 31 heavy (non-hydrogen) atoms. The van der Waals surface area contributed by atoms with E-state index >= 15 is 0 Å². The van der Waals surface area contributed by atoms with Crippen molar-refractivity contribution in [3.8, 4) is 0 Å². The Morgan fingerprint density at radius 3 is 2.52 bits per heavy atom. The van der Waals surface area contributed by atoms with E-state index in [0.29, 0.717) is 25.3 Å². The summed E-state index contributed by atoms with van der Waals surface area (Å²) in [5, 5.41) is 2.37. The molecule has 6 heteroatoms. The predicted molar refractivity (Wildman–Crippen MR) is 124 cm³/mol. The number of piperidine rings is 2. The fraction of sp³-hybridized carbons (Fsp3) is 0.440. The fourth-order valence-electron chi connectivity index (χ4n) is 5.28. The predicted octanol–water partition coefficient (Wildman–Crippen LogP) is 3.62. The molecule has 0 aromatic heterocycles. The monoisotopic (exact) mass is 435 g/mol. The fourth-order valence-corrected chi connectivity index (χ4v) is 5.76. The summed E-state index contributed by atoms with van der Waals surface area (Å²) < 4.78 is 0. The van der Waals surface area contributed by atoms with Crippen molar-refractivity contribution < 1.29 is 9.59 Å². The van der Waals surface area contributed by atoms with Gasteiger partial charge in [-0.15, -0.1) is 0 Å². The molecular weight excluding hydrogens is 406 g/mol. The standard InChI is InChI=1S/C25H29N3O2S/c29-23-9-8-22(24(30)26-23)28-16-20-7-6-17(14-21(20)25(28)31)15-27-12-10-19(11-13-27)18-4-2-1-3-5-18/h1-7,14,19,22,25,31H,8-13,15-16H2,(H,26,29,30). The molecule has 5 nitrogen and oxygen atoms in total. The quantitative estimate of drug-likeness (QED) is 0.569. The van der Waals surface area contributed by atoms with E-state index in [-0.39, 0.29) is 23.2 Å². The van der Waals surface area contributed by atoms with Crippen LogP contribution in [0.3, 0.4) is 0 Å². The number of hydrogen-bond acceptors (Lipinski definition) is 5. The molecule has 3 aliphatic heterocycles. The average molecular weight is 436 g/mol. The Balaban J connectivity index is 1.22. The maximum atomic E-state index is 12.3. The smallest absolute Gasteiger partial charge is 0.243 e. The minimum atomic E-state index is -0.284. The van der Waals surface area contributed by atoms with Crippen LogP contribution in [0.25, 0.3) is 0 Å². The van der Waals surface area contributed by atoms with Crippen molar-refractivity contribution in [1.29, 1.82) is 0 Å². The van der Waals surface area contributed by atoms with E-state index in [1.807, 2.05) is 0 Å². The summed E-state index contributed by atoms with van der Waals surface area (Å²) in [4.78, 5) is 28.5. The van der Waals surface area contributed by atoms with E-state index in [9.17, 15) is 9.59 Å². The molecule has 0 aliphatic carbocycles. The van der Waals surface area contributed by atoms with Crippen LogP contribution >= 0.6 is 12.6 Å². The highest BCUT2D eigenvalue weighted by Gasteiger charge is 2.39. The van der Waals surface area contributed by atoms with Crippen LogP contribution in [-0.4, -0.2) is 40.7 Å². The highest BCUT2D eigenvalue weighted by atomic mass is 32.1. The first-order valence-corrected chi connectivity index (χ1v) is 11.8. The van der Waals surface area contributed by atoms with E-state index in [2.05, 4.69) is 63.6 Å². The lowest BCUT2D eigenvalue weighted by atomic mass is 9.89. The number of nitrogens with one attached hydrogen (secondary N) is 1. The summed E-state index contributed by atoms with van der Waals surface area (Å²) >= 11 is 4.85. The molecule has 1 N–H and O–H groups in total. The second-order valence-electron chi connectivity index (χ2n) is 9.01. The first-order chi connectivity index (χ1) is 15.1. The molecule has 162 valence electrons. The SMILES string of the molecule is O=C1CCC(N2Cc3ccc(CN4CCC(c5ccccc5)CC4)cc3C2S)C(=O)N1. The van der Waals surface area contributed by atoms with Crippen LogP contribution in [0.15, 0.2) is 48.5 Å². The Labute approximate surface area is 189 Å². The first-order valence-electron chi connectivity index (χ1n) is 11.2. The minimum Gasteiger partial charge on any atom is -0.299 e. The molecule has 3 heterocycles. The van der Waals surface area contributed by atoms with Gasteiger partial charge in [0.05, 0.1) is 11.4 Å². The Hall–Kier alpha value is -2.15. The highest BCUT2D eigenvalue weighted by Crippen LogP contribution is 2.40. The van der Waals surface area contributed by atoms with E-state index in [4.69, 9.17) is 12.6 Å². The molecule has 0 radical (unpaired) electrons. The van der Waals surface area contributed by atoms with Gasteiger partial charge in [-0.3, -0.25) is 24.7 Å².